The third-order valence-electron chi connectivity index (χ3n) is 3.98. The predicted molar refractivity (Wildman–Crippen MR) is 87.6 cm³/mol. The Labute approximate surface area is 132 Å². The van der Waals surface area contributed by atoms with E-state index in [4.69, 9.17) is 0 Å². The average Bonchev–Trinajstić information content (AvgIpc) is 2.52. The van der Waals surface area contributed by atoms with E-state index >= 15 is 0 Å². The minimum atomic E-state index is -0.0911. The molecule has 5 heteroatoms. The third kappa shape index (κ3) is 2.75. The molecule has 1 aromatic heterocycles. The zero-order valence-electron chi connectivity index (χ0n) is 12.0. The Hall–Kier alpha value is -1.62. The molecule has 1 aromatic carbocycles. The molecule has 0 radical (unpaired) electrons. The van der Waals surface area contributed by atoms with E-state index < -0.39 is 0 Å². The maximum Gasteiger partial charge on any atom is 0.283 e. The number of aromatic nitrogens is 2. The summed E-state index contributed by atoms with van der Waals surface area (Å²) in [7, 11) is 0. The lowest BCUT2D eigenvalue weighted by molar-refractivity contribution is 0.591. The molecule has 1 unspecified atom stereocenters. The number of anilines is 1. The van der Waals surface area contributed by atoms with Crippen LogP contribution in [0.2, 0.25) is 0 Å². The molecule has 0 saturated heterocycles. The van der Waals surface area contributed by atoms with Crippen molar-refractivity contribution in [2.24, 2.45) is 0 Å². The number of benzene rings is 1. The van der Waals surface area contributed by atoms with Gasteiger partial charge in [0.1, 0.15) is 4.47 Å². The van der Waals surface area contributed by atoms with Crippen molar-refractivity contribution < 1.29 is 0 Å². The van der Waals surface area contributed by atoms with Crippen molar-refractivity contribution in [3.05, 3.63) is 56.4 Å². The van der Waals surface area contributed by atoms with E-state index in [0.29, 0.717) is 11.0 Å². The molecule has 3 rings (SSSR count). The summed E-state index contributed by atoms with van der Waals surface area (Å²) in [5.74, 6) is 0. The first-order chi connectivity index (χ1) is 10.2. The molecule has 110 valence electrons. The minimum absolute atomic E-state index is 0.0911. The summed E-state index contributed by atoms with van der Waals surface area (Å²) in [5.41, 5.74) is 3.40. The Morgan fingerprint density at radius 2 is 2.24 bits per heavy atom. The van der Waals surface area contributed by atoms with Crippen LogP contribution in [0.1, 0.15) is 36.9 Å². The smallest absolute Gasteiger partial charge is 0.283 e. The van der Waals surface area contributed by atoms with Gasteiger partial charge in [-0.15, -0.1) is 0 Å². The summed E-state index contributed by atoms with van der Waals surface area (Å²) >= 11 is 3.40. The Morgan fingerprint density at radius 3 is 3.05 bits per heavy atom. The van der Waals surface area contributed by atoms with E-state index in [1.54, 1.807) is 6.20 Å². The van der Waals surface area contributed by atoms with Crippen molar-refractivity contribution in [3.63, 3.8) is 0 Å². The van der Waals surface area contributed by atoms with Crippen molar-refractivity contribution in [1.82, 2.24) is 9.78 Å². The molecule has 1 atom stereocenters. The van der Waals surface area contributed by atoms with E-state index in [1.807, 2.05) is 6.92 Å². The van der Waals surface area contributed by atoms with Gasteiger partial charge in [0.05, 0.1) is 17.9 Å². The third-order valence-corrected chi connectivity index (χ3v) is 4.75. The largest absolute Gasteiger partial charge is 0.376 e. The first kappa shape index (κ1) is 14.3. The minimum Gasteiger partial charge on any atom is -0.376 e. The van der Waals surface area contributed by atoms with Crippen LogP contribution in [0.3, 0.4) is 0 Å². The number of rotatable bonds is 3. The number of nitrogens with zero attached hydrogens (tertiary/aromatic N) is 2. The van der Waals surface area contributed by atoms with Crippen LogP contribution in [0.5, 0.6) is 0 Å². The second-order valence-electron chi connectivity index (χ2n) is 5.28. The molecule has 0 aliphatic heterocycles. The molecule has 0 spiro atoms. The molecule has 2 aromatic rings. The highest BCUT2D eigenvalue weighted by Crippen LogP contribution is 2.33. The van der Waals surface area contributed by atoms with Gasteiger partial charge in [-0.25, -0.2) is 4.68 Å². The molecule has 1 aliphatic carbocycles. The van der Waals surface area contributed by atoms with Gasteiger partial charge in [0.25, 0.3) is 5.56 Å². The van der Waals surface area contributed by atoms with Gasteiger partial charge < -0.3 is 5.32 Å². The fourth-order valence-corrected chi connectivity index (χ4v) is 3.30. The number of fused-ring (bicyclic) bond motifs is 1. The van der Waals surface area contributed by atoms with Crippen LogP contribution in [0.25, 0.3) is 0 Å². The number of hydrogen-bond donors (Lipinski definition) is 1. The van der Waals surface area contributed by atoms with Crippen molar-refractivity contribution in [2.75, 3.05) is 5.32 Å². The van der Waals surface area contributed by atoms with Crippen LogP contribution in [-0.4, -0.2) is 9.78 Å². The fraction of sp³-hybridized carbons (Fsp3) is 0.375. The molecule has 0 bridgehead atoms. The van der Waals surface area contributed by atoms with Crippen LogP contribution < -0.4 is 10.9 Å². The van der Waals surface area contributed by atoms with Crippen LogP contribution in [0.4, 0.5) is 5.69 Å². The standard InChI is InChI=1S/C16H18BrN3O/c1-2-20-16(21)15(17)14(10-18-20)19-13-9-5-7-11-6-3-4-8-12(11)13/h3-4,6,8,10,13,19H,2,5,7,9H2,1H3. The van der Waals surface area contributed by atoms with E-state index in [9.17, 15) is 4.79 Å². The molecule has 0 fully saturated rings. The number of hydrogen-bond acceptors (Lipinski definition) is 3. The SMILES string of the molecule is CCn1ncc(NC2CCCc3ccccc32)c(Br)c1=O. The van der Waals surface area contributed by atoms with Gasteiger partial charge >= 0.3 is 0 Å². The topological polar surface area (TPSA) is 46.9 Å². The molecule has 1 N–H and O–H groups in total. The molecular weight excluding hydrogens is 330 g/mol. The highest BCUT2D eigenvalue weighted by Gasteiger charge is 2.21. The summed E-state index contributed by atoms with van der Waals surface area (Å²) in [5, 5.41) is 7.67. The van der Waals surface area contributed by atoms with E-state index in [1.165, 1.54) is 15.8 Å². The first-order valence-corrected chi connectivity index (χ1v) is 8.10. The summed E-state index contributed by atoms with van der Waals surface area (Å²) in [4.78, 5) is 12.1. The molecule has 4 nitrogen and oxygen atoms in total. The summed E-state index contributed by atoms with van der Waals surface area (Å²) in [6, 6.07) is 8.75. The van der Waals surface area contributed by atoms with Crippen molar-refractivity contribution in [1.29, 1.82) is 0 Å². The zero-order chi connectivity index (χ0) is 14.8. The summed E-state index contributed by atoms with van der Waals surface area (Å²) < 4.78 is 2.01. The second-order valence-corrected chi connectivity index (χ2v) is 6.07. The van der Waals surface area contributed by atoms with Gasteiger partial charge in [0, 0.05) is 6.54 Å². The maximum absolute atomic E-state index is 12.1. The van der Waals surface area contributed by atoms with Crippen molar-refractivity contribution in [2.45, 2.75) is 38.8 Å². The predicted octanol–water partition coefficient (Wildman–Crippen LogP) is 3.52. The number of nitrogens with one attached hydrogen (secondary N) is 1. The number of halogens is 1. The van der Waals surface area contributed by atoms with Gasteiger partial charge in [-0.1, -0.05) is 24.3 Å². The van der Waals surface area contributed by atoms with Crippen LogP contribution >= 0.6 is 15.9 Å². The Kier molecular flexibility index (Phi) is 4.10. The molecule has 0 amide bonds. The monoisotopic (exact) mass is 347 g/mol. The van der Waals surface area contributed by atoms with Crippen molar-refractivity contribution >= 4 is 21.6 Å². The normalized spacial score (nSPS) is 17.3. The van der Waals surface area contributed by atoms with Crippen LogP contribution in [-0.2, 0) is 13.0 Å². The number of aryl methyl sites for hydroxylation is 2. The van der Waals surface area contributed by atoms with Gasteiger partial charge in [-0.3, -0.25) is 4.79 Å². The Balaban J connectivity index is 1.92. The van der Waals surface area contributed by atoms with Crippen LogP contribution in [0.15, 0.2) is 39.7 Å². The first-order valence-electron chi connectivity index (χ1n) is 7.30. The lowest BCUT2D eigenvalue weighted by atomic mass is 9.87. The molecule has 21 heavy (non-hydrogen) atoms. The fourth-order valence-electron chi connectivity index (χ4n) is 2.88. The molecular formula is C16H18BrN3O. The van der Waals surface area contributed by atoms with Gasteiger partial charge in [0.2, 0.25) is 0 Å². The summed E-state index contributed by atoms with van der Waals surface area (Å²) in [6.45, 7) is 2.48. The zero-order valence-corrected chi connectivity index (χ0v) is 13.6. The Morgan fingerprint density at radius 1 is 1.43 bits per heavy atom. The Bertz CT molecular complexity index is 711. The van der Waals surface area contributed by atoms with E-state index in [2.05, 4.69) is 50.6 Å². The van der Waals surface area contributed by atoms with Gasteiger partial charge in [-0.2, -0.15) is 5.10 Å². The lowest BCUT2D eigenvalue weighted by Crippen LogP contribution is -2.25. The van der Waals surface area contributed by atoms with Crippen molar-refractivity contribution in [3.8, 4) is 0 Å². The lowest BCUT2D eigenvalue weighted by Gasteiger charge is -2.27. The van der Waals surface area contributed by atoms with Gasteiger partial charge in [-0.05, 0) is 53.2 Å². The average molecular weight is 348 g/mol. The highest BCUT2D eigenvalue weighted by atomic mass is 79.9. The van der Waals surface area contributed by atoms with Crippen LogP contribution in [0, 0.1) is 0 Å². The van der Waals surface area contributed by atoms with E-state index in [-0.39, 0.29) is 11.6 Å². The quantitative estimate of drug-likeness (QED) is 0.923. The summed E-state index contributed by atoms with van der Waals surface area (Å²) in [6.07, 6.45) is 5.09. The van der Waals surface area contributed by atoms with E-state index in [0.717, 1.165) is 24.9 Å². The van der Waals surface area contributed by atoms with Gasteiger partial charge in [0.15, 0.2) is 0 Å². The highest BCUT2D eigenvalue weighted by molar-refractivity contribution is 9.10. The molecule has 0 saturated carbocycles. The maximum atomic E-state index is 12.1. The molecule has 1 aliphatic rings. The molecule has 1 heterocycles. The second kappa shape index (κ2) is 6.02.